The summed E-state index contributed by atoms with van der Waals surface area (Å²) in [6.07, 6.45) is 0. The van der Waals surface area contributed by atoms with Gasteiger partial charge in [0.05, 0.1) is 7.11 Å². The molecule has 1 aromatic carbocycles. The van der Waals surface area contributed by atoms with Crippen LogP contribution in [0.4, 0.5) is 0 Å². The highest BCUT2D eigenvalue weighted by Gasteiger charge is 2.16. The Kier molecular flexibility index (Phi) is 3.06. The summed E-state index contributed by atoms with van der Waals surface area (Å²) in [5.74, 6) is -2.59. The Bertz CT molecular complexity index is 358. The van der Waals surface area contributed by atoms with E-state index >= 15 is 0 Å². The number of aliphatic carboxylic acids is 1. The Morgan fingerprint density at radius 1 is 1.21 bits per heavy atom. The molecular formula is C9H8O5. The molecule has 14 heavy (non-hydrogen) atoms. The molecule has 1 N–H and O–H groups in total. The third kappa shape index (κ3) is 2.22. The number of hydrogen-bond donors (Lipinski definition) is 1. The van der Waals surface area contributed by atoms with Crippen molar-refractivity contribution in [2.45, 2.75) is 0 Å². The van der Waals surface area contributed by atoms with Gasteiger partial charge in [0, 0.05) is 0 Å². The maximum absolute atomic E-state index is 10.7. The van der Waals surface area contributed by atoms with Crippen LogP contribution >= 0.6 is 0 Å². The number of carboxylic acid groups (broad SMARTS) is 1. The molecule has 5 nitrogen and oxygen atoms in total. The molecule has 0 saturated carbocycles. The van der Waals surface area contributed by atoms with Gasteiger partial charge in [-0.1, -0.05) is 12.1 Å². The molecule has 74 valence electrons. The number of rotatable bonds is 2. The van der Waals surface area contributed by atoms with E-state index in [1.54, 1.807) is 18.2 Å². The van der Waals surface area contributed by atoms with Crippen molar-refractivity contribution in [1.82, 2.24) is 0 Å². The second-order valence-corrected chi connectivity index (χ2v) is 2.35. The largest absolute Gasteiger partial charge is 0.493 e. The number of carbonyl (C=O) groups is 2. The number of para-hydroxylation sites is 2. The summed E-state index contributed by atoms with van der Waals surface area (Å²) in [6.45, 7) is 0. The fourth-order valence-electron chi connectivity index (χ4n) is 0.847. The zero-order valence-electron chi connectivity index (χ0n) is 7.39. The van der Waals surface area contributed by atoms with Crippen LogP contribution in [0.2, 0.25) is 0 Å². The third-order valence-electron chi connectivity index (χ3n) is 1.45. The fourth-order valence-corrected chi connectivity index (χ4v) is 0.847. The topological polar surface area (TPSA) is 72.8 Å². The Morgan fingerprint density at radius 3 is 2.29 bits per heavy atom. The molecule has 0 saturated heterocycles. The smallest absolute Gasteiger partial charge is 0.422 e. The van der Waals surface area contributed by atoms with Crippen LogP contribution in [0.25, 0.3) is 0 Å². The Balaban J connectivity index is 2.85. The number of esters is 1. The maximum atomic E-state index is 10.7. The van der Waals surface area contributed by atoms with E-state index in [4.69, 9.17) is 9.84 Å². The quantitative estimate of drug-likeness (QED) is 0.428. The number of methoxy groups -OCH3 is 1. The van der Waals surface area contributed by atoms with Gasteiger partial charge in [-0.3, -0.25) is 0 Å². The summed E-state index contributed by atoms with van der Waals surface area (Å²) in [6, 6.07) is 6.29. The van der Waals surface area contributed by atoms with Crippen LogP contribution in [0.1, 0.15) is 0 Å². The van der Waals surface area contributed by atoms with Crippen LogP contribution < -0.4 is 9.47 Å². The molecule has 0 aliphatic carbocycles. The molecule has 1 aromatic rings. The van der Waals surface area contributed by atoms with Crippen molar-refractivity contribution in [1.29, 1.82) is 0 Å². The van der Waals surface area contributed by atoms with Crippen molar-refractivity contribution in [3.8, 4) is 11.5 Å². The molecule has 0 aliphatic rings. The van der Waals surface area contributed by atoms with Crippen molar-refractivity contribution in [2.24, 2.45) is 0 Å². The second kappa shape index (κ2) is 4.27. The minimum absolute atomic E-state index is 0.0856. The zero-order chi connectivity index (χ0) is 10.6. The van der Waals surface area contributed by atoms with Gasteiger partial charge in [-0.15, -0.1) is 0 Å². The van der Waals surface area contributed by atoms with Crippen LogP contribution in [-0.2, 0) is 9.59 Å². The molecular weight excluding hydrogens is 188 g/mol. The SMILES string of the molecule is COc1ccccc1OC(=O)C(=O)O. The molecule has 0 fully saturated rings. The van der Waals surface area contributed by atoms with E-state index in [1.807, 2.05) is 0 Å². The highest BCUT2D eigenvalue weighted by Crippen LogP contribution is 2.25. The van der Waals surface area contributed by atoms with Crippen molar-refractivity contribution in [3.63, 3.8) is 0 Å². The molecule has 5 heteroatoms. The lowest BCUT2D eigenvalue weighted by Crippen LogP contribution is -2.19. The van der Waals surface area contributed by atoms with Crippen molar-refractivity contribution in [3.05, 3.63) is 24.3 Å². The summed E-state index contributed by atoms with van der Waals surface area (Å²) >= 11 is 0. The normalized spacial score (nSPS) is 9.21. The average Bonchev–Trinajstić information content (AvgIpc) is 2.18. The van der Waals surface area contributed by atoms with Gasteiger partial charge in [-0.25, -0.2) is 9.59 Å². The molecule has 0 aliphatic heterocycles. The van der Waals surface area contributed by atoms with Crippen LogP contribution in [0.15, 0.2) is 24.3 Å². The second-order valence-electron chi connectivity index (χ2n) is 2.35. The molecule has 0 heterocycles. The van der Waals surface area contributed by atoms with E-state index in [9.17, 15) is 9.59 Å². The lowest BCUT2D eigenvalue weighted by molar-refractivity contribution is -0.158. The van der Waals surface area contributed by atoms with E-state index in [1.165, 1.54) is 13.2 Å². The van der Waals surface area contributed by atoms with Gasteiger partial charge in [0.15, 0.2) is 11.5 Å². The predicted octanol–water partition coefficient (Wildman–Crippen LogP) is 0.685. The summed E-state index contributed by atoms with van der Waals surface area (Å²) in [5.41, 5.74) is 0. The van der Waals surface area contributed by atoms with Gasteiger partial charge in [0.2, 0.25) is 0 Å². The van der Waals surface area contributed by atoms with Crippen molar-refractivity contribution < 1.29 is 24.2 Å². The highest BCUT2D eigenvalue weighted by molar-refractivity contribution is 6.29. The van der Waals surface area contributed by atoms with Crippen molar-refractivity contribution >= 4 is 11.9 Å². The summed E-state index contributed by atoms with van der Waals surface area (Å²) in [7, 11) is 1.40. The molecule has 0 atom stereocenters. The minimum Gasteiger partial charge on any atom is -0.493 e. The van der Waals surface area contributed by atoms with Gasteiger partial charge < -0.3 is 14.6 Å². The van der Waals surface area contributed by atoms with Crippen molar-refractivity contribution in [2.75, 3.05) is 7.11 Å². The van der Waals surface area contributed by atoms with Gasteiger partial charge in [-0.05, 0) is 12.1 Å². The molecule has 0 aromatic heterocycles. The van der Waals surface area contributed by atoms with Crippen LogP contribution in [0, 0.1) is 0 Å². The number of ether oxygens (including phenoxy) is 2. The van der Waals surface area contributed by atoms with E-state index in [0.717, 1.165) is 0 Å². The molecule has 0 amide bonds. The Hall–Kier alpha value is -2.04. The van der Waals surface area contributed by atoms with E-state index in [-0.39, 0.29) is 5.75 Å². The molecule has 0 bridgehead atoms. The van der Waals surface area contributed by atoms with Gasteiger partial charge in [0.25, 0.3) is 0 Å². The summed E-state index contributed by atoms with van der Waals surface area (Å²) in [5, 5.41) is 8.29. The lowest BCUT2D eigenvalue weighted by atomic mass is 10.3. The Labute approximate surface area is 79.9 Å². The van der Waals surface area contributed by atoms with Gasteiger partial charge in [0.1, 0.15) is 0 Å². The standard InChI is InChI=1S/C9H8O5/c1-13-6-4-2-3-5-7(6)14-9(12)8(10)11/h2-5H,1H3,(H,10,11). The number of carbonyl (C=O) groups excluding carboxylic acids is 1. The van der Waals surface area contributed by atoms with Crippen LogP contribution in [0.3, 0.4) is 0 Å². The molecule has 0 unspecified atom stereocenters. The first-order valence-corrected chi connectivity index (χ1v) is 3.73. The molecule has 0 spiro atoms. The number of carboxylic acids is 1. The predicted molar refractivity (Wildman–Crippen MR) is 46.3 cm³/mol. The average molecular weight is 196 g/mol. The molecule has 0 radical (unpaired) electrons. The van der Waals surface area contributed by atoms with Gasteiger partial charge in [-0.2, -0.15) is 0 Å². The maximum Gasteiger partial charge on any atom is 0.422 e. The third-order valence-corrected chi connectivity index (χ3v) is 1.45. The Morgan fingerprint density at radius 2 is 1.79 bits per heavy atom. The van der Waals surface area contributed by atoms with E-state index < -0.39 is 11.9 Å². The van der Waals surface area contributed by atoms with Gasteiger partial charge >= 0.3 is 11.9 Å². The molecule has 1 rings (SSSR count). The van der Waals surface area contributed by atoms with E-state index in [0.29, 0.717) is 5.75 Å². The lowest BCUT2D eigenvalue weighted by Gasteiger charge is -2.06. The fraction of sp³-hybridized carbons (Fsp3) is 0.111. The number of benzene rings is 1. The first kappa shape index (κ1) is 10.0. The van der Waals surface area contributed by atoms with E-state index in [2.05, 4.69) is 4.74 Å². The van der Waals surface area contributed by atoms with Crippen LogP contribution in [-0.4, -0.2) is 24.2 Å². The summed E-state index contributed by atoms with van der Waals surface area (Å²) in [4.78, 5) is 20.9. The highest BCUT2D eigenvalue weighted by atomic mass is 16.6. The summed E-state index contributed by atoms with van der Waals surface area (Å²) < 4.78 is 9.39. The monoisotopic (exact) mass is 196 g/mol. The first-order chi connectivity index (χ1) is 6.65. The van der Waals surface area contributed by atoms with Crippen LogP contribution in [0.5, 0.6) is 11.5 Å². The minimum atomic E-state index is -1.64. The zero-order valence-corrected chi connectivity index (χ0v) is 7.39. The first-order valence-electron chi connectivity index (χ1n) is 3.73. The number of hydrogen-bond acceptors (Lipinski definition) is 4.